The molecular formula is C20H27N3O3. The second kappa shape index (κ2) is 7.72. The quantitative estimate of drug-likeness (QED) is 0.797. The highest BCUT2D eigenvalue weighted by molar-refractivity contribution is 5.84. The minimum atomic E-state index is -1.17. The van der Waals surface area contributed by atoms with Crippen molar-refractivity contribution < 1.29 is 14.7 Å². The maximum atomic E-state index is 12.5. The van der Waals surface area contributed by atoms with Gasteiger partial charge in [-0.05, 0) is 38.3 Å². The SMILES string of the molecule is Cc1nn(C)c(C)c1CC(C)C(=O)NCC(C)(C(=O)O)c1ccccc1. The Balaban J connectivity index is 2.07. The molecule has 2 atom stereocenters. The van der Waals surface area contributed by atoms with Crippen molar-refractivity contribution in [3.63, 3.8) is 0 Å². The standard InChI is InChI=1S/C20H27N3O3/c1-13(11-17-14(2)22-23(5)15(17)3)18(24)21-12-20(4,19(25)26)16-9-7-6-8-10-16/h6-10,13H,11-12H2,1-5H3,(H,21,24)(H,25,26). The van der Waals surface area contributed by atoms with Crippen molar-refractivity contribution in [1.29, 1.82) is 0 Å². The summed E-state index contributed by atoms with van der Waals surface area (Å²) in [4.78, 5) is 24.4. The van der Waals surface area contributed by atoms with Gasteiger partial charge in [0, 0.05) is 25.2 Å². The Bertz CT molecular complexity index is 798. The zero-order chi connectivity index (χ0) is 19.5. The number of hydrogen-bond donors (Lipinski definition) is 2. The second-order valence-electron chi connectivity index (χ2n) is 7.10. The molecule has 6 nitrogen and oxygen atoms in total. The van der Waals surface area contributed by atoms with E-state index in [0.29, 0.717) is 12.0 Å². The summed E-state index contributed by atoms with van der Waals surface area (Å²) in [6.45, 7) is 7.44. The van der Waals surface area contributed by atoms with Crippen LogP contribution in [0.15, 0.2) is 30.3 Å². The summed E-state index contributed by atoms with van der Waals surface area (Å²) in [7, 11) is 1.88. The summed E-state index contributed by atoms with van der Waals surface area (Å²) < 4.78 is 1.81. The van der Waals surface area contributed by atoms with Crippen molar-refractivity contribution >= 4 is 11.9 Å². The molecule has 1 aromatic heterocycles. The Labute approximate surface area is 154 Å². The summed E-state index contributed by atoms with van der Waals surface area (Å²) in [5.74, 6) is -1.39. The van der Waals surface area contributed by atoms with Gasteiger partial charge < -0.3 is 10.4 Å². The second-order valence-corrected chi connectivity index (χ2v) is 7.10. The third-order valence-electron chi connectivity index (χ3n) is 5.12. The molecule has 26 heavy (non-hydrogen) atoms. The van der Waals surface area contributed by atoms with E-state index in [1.54, 1.807) is 31.2 Å². The van der Waals surface area contributed by atoms with Crippen LogP contribution >= 0.6 is 0 Å². The Hall–Kier alpha value is -2.63. The van der Waals surface area contributed by atoms with Crippen molar-refractivity contribution in [3.05, 3.63) is 52.8 Å². The van der Waals surface area contributed by atoms with Crippen molar-refractivity contribution in [3.8, 4) is 0 Å². The van der Waals surface area contributed by atoms with E-state index in [1.807, 2.05) is 38.6 Å². The van der Waals surface area contributed by atoms with Gasteiger partial charge in [0.2, 0.25) is 5.91 Å². The minimum Gasteiger partial charge on any atom is -0.481 e. The first-order valence-electron chi connectivity index (χ1n) is 8.72. The molecule has 0 saturated heterocycles. The van der Waals surface area contributed by atoms with Crippen LogP contribution in [0.1, 0.15) is 36.4 Å². The number of hydrogen-bond acceptors (Lipinski definition) is 3. The number of carboxylic acids is 1. The molecule has 1 aromatic carbocycles. The van der Waals surface area contributed by atoms with Crippen LogP contribution in [0.3, 0.4) is 0 Å². The topological polar surface area (TPSA) is 84.2 Å². The molecule has 140 valence electrons. The highest BCUT2D eigenvalue weighted by atomic mass is 16.4. The molecule has 0 fully saturated rings. The lowest BCUT2D eigenvalue weighted by molar-refractivity contribution is -0.143. The smallest absolute Gasteiger partial charge is 0.315 e. The maximum absolute atomic E-state index is 12.5. The molecule has 6 heteroatoms. The van der Waals surface area contributed by atoms with Crippen molar-refractivity contribution in [2.45, 2.75) is 39.5 Å². The van der Waals surface area contributed by atoms with Gasteiger partial charge in [-0.1, -0.05) is 37.3 Å². The molecule has 0 saturated carbocycles. The number of aromatic nitrogens is 2. The third-order valence-corrected chi connectivity index (χ3v) is 5.12. The Morgan fingerprint density at radius 1 is 1.27 bits per heavy atom. The fourth-order valence-corrected chi connectivity index (χ4v) is 3.06. The van der Waals surface area contributed by atoms with Gasteiger partial charge >= 0.3 is 5.97 Å². The van der Waals surface area contributed by atoms with Gasteiger partial charge in [-0.3, -0.25) is 14.3 Å². The number of carbonyl (C=O) groups is 2. The molecule has 0 radical (unpaired) electrons. The van der Waals surface area contributed by atoms with Crippen LogP contribution in [-0.4, -0.2) is 33.3 Å². The largest absolute Gasteiger partial charge is 0.481 e. The molecular weight excluding hydrogens is 330 g/mol. The Morgan fingerprint density at radius 2 is 1.88 bits per heavy atom. The molecule has 2 rings (SSSR count). The van der Waals surface area contributed by atoms with E-state index in [1.165, 1.54) is 0 Å². The lowest BCUT2D eigenvalue weighted by atomic mass is 9.82. The van der Waals surface area contributed by atoms with Crippen molar-refractivity contribution in [2.24, 2.45) is 13.0 Å². The summed E-state index contributed by atoms with van der Waals surface area (Å²) >= 11 is 0. The van der Waals surface area contributed by atoms with Crippen LogP contribution < -0.4 is 5.32 Å². The first-order valence-corrected chi connectivity index (χ1v) is 8.72. The molecule has 0 bridgehead atoms. The van der Waals surface area contributed by atoms with E-state index >= 15 is 0 Å². The molecule has 1 heterocycles. The number of aryl methyl sites for hydroxylation is 2. The number of nitrogens with zero attached hydrogens (tertiary/aromatic N) is 2. The predicted molar refractivity (Wildman–Crippen MR) is 100.0 cm³/mol. The Morgan fingerprint density at radius 3 is 2.38 bits per heavy atom. The van der Waals surface area contributed by atoms with Gasteiger partial charge in [0.05, 0.1) is 5.69 Å². The van der Waals surface area contributed by atoms with E-state index in [2.05, 4.69) is 10.4 Å². The van der Waals surface area contributed by atoms with Crippen molar-refractivity contribution in [2.75, 3.05) is 6.54 Å². The molecule has 0 aliphatic heterocycles. The van der Waals surface area contributed by atoms with Gasteiger partial charge in [-0.25, -0.2) is 0 Å². The zero-order valence-electron chi connectivity index (χ0n) is 16.0. The highest BCUT2D eigenvalue weighted by Crippen LogP contribution is 2.24. The first kappa shape index (κ1) is 19.7. The van der Waals surface area contributed by atoms with Crippen LogP contribution in [0.25, 0.3) is 0 Å². The first-order chi connectivity index (χ1) is 12.2. The third kappa shape index (κ3) is 3.95. The summed E-state index contributed by atoms with van der Waals surface area (Å²) in [5, 5.41) is 16.9. The van der Waals surface area contributed by atoms with Crippen LogP contribution in [-0.2, 0) is 28.5 Å². The fourth-order valence-electron chi connectivity index (χ4n) is 3.06. The summed E-state index contributed by atoms with van der Waals surface area (Å²) in [5.41, 5.74) is 2.53. The van der Waals surface area contributed by atoms with Crippen LogP contribution in [0.5, 0.6) is 0 Å². The molecule has 0 aliphatic carbocycles. The lowest BCUT2D eigenvalue weighted by Crippen LogP contribution is -2.45. The molecule has 1 amide bonds. The molecule has 2 N–H and O–H groups in total. The zero-order valence-corrected chi connectivity index (χ0v) is 16.0. The predicted octanol–water partition coefficient (Wildman–Crippen LogP) is 2.37. The van der Waals surface area contributed by atoms with E-state index in [-0.39, 0.29) is 18.4 Å². The summed E-state index contributed by atoms with van der Waals surface area (Å²) in [6, 6.07) is 8.98. The number of aliphatic carboxylic acids is 1. The van der Waals surface area contributed by atoms with Crippen LogP contribution in [0.4, 0.5) is 0 Å². The molecule has 0 spiro atoms. The van der Waals surface area contributed by atoms with Crippen LogP contribution in [0.2, 0.25) is 0 Å². The van der Waals surface area contributed by atoms with Gasteiger partial charge in [-0.15, -0.1) is 0 Å². The van der Waals surface area contributed by atoms with Gasteiger partial charge in [0.1, 0.15) is 5.41 Å². The van der Waals surface area contributed by atoms with Gasteiger partial charge in [-0.2, -0.15) is 5.10 Å². The number of amides is 1. The summed E-state index contributed by atoms with van der Waals surface area (Å²) in [6.07, 6.45) is 0.576. The number of nitrogens with one attached hydrogen (secondary N) is 1. The van der Waals surface area contributed by atoms with Crippen molar-refractivity contribution in [1.82, 2.24) is 15.1 Å². The van der Waals surface area contributed by atoms with Crippen LogP contribution in [0, 0.1) is 19.8 Å². The highest BCUT2D eigenvalue weighted by Gasteiger charge is 2.36. The lowest BCUT2D eigenvalue weighted by Gasteiger charge is -2.26. The molecule has 0 aliphatic rings. The van der Waals surface area contributed by atoms with E-state index in [0.717, 1.165) is 17.0 Å². The van der Waals surface area contributed by atoms with E-state index in [9.17, 15) is 14.7 Å². The monoisotopic (exact) mass is 357 g/mol. The number of benzene rings is 1. The normalized spacial score (nSPS) is 14.5. The number of carbonyl (C=O) groups excluding carboxylic acids is 1. The minimum absolute atomic E-state index is 0.0422. The fraction of sp³-hybridized carbons (Fsp3) is 0.450. The number of carboxylic acid groups (broad SMARTS) is 1. The van der Waals surface area contributed by atoms with Gasteiger partial charge in [0.15, 0.2) is 0 Å². The van der Waals surface area contributed by atoms with E-state index in [4.69, 9.17) is 0 Å². The van der Waals surface area contributed by atoms with Gasteiger partial charge in [0.25, 0.3) is 0 Å². The molecule has 2 aromatic rings. The number of rotatable bonds is 7. The maximum Gasteiger partial charge on any atom is 0.315 e. The van der Waals surface area contributed by atoms with E-state index < -0.39 is 11.4 Å². The average Bonchev–Trinajstić information content (AvgIpc) is 2.85. The Kier molecular flexibility index (Phi) is 5.85. The molecule has 2 unspecified atom stereocenters. The average molecular weight is 357 g/mol.